The van der Waals surface area contributed by atoms with Gasteiger partial charge in [0.1, 0.15) is 7.05 Å². The molecule has 23 heavy (non-hydrogen) atoms. The fraction of sp³-hybridized carbons (Fsp3) is 0.238. The fourth-order valence-electron chi connectivity index (χ4n) is 2.96. The van der Waals surface area contributed by atoms with Crippen molar-refractivity contribution >= 4 is 0 Å². The molecule has 0 unspecified atom stereocenters. The average Bonchev–Trinajstić information content (AvgIpc) is 2.60. The van der Waals surface area contributed by atoms with Crippen LogP contribution in [0.4, 0.5) is 0 Å². The minimum absolute atomic E-state index is 0.0442. The largest absolute Gasteiger partial charge is 0.264 e. The minimum atomic E-state index is -2.46. The van der Waals surface area contributed by atoms with E-state index in [9.17, 15) is 0 Å². The van der Waals surface area contributed by atoms with Crippen LogP contribution in [0.1, 0.15) is 30.5 Å². The molecule has 2 heteroatoms. The summed E-state index contributed by atoms with van der Waals surface area (Å²) in [6, 6.07) is 8.56. The van der Waals surface area contributed by atoms with E-state index in [1.807, 2.05) is 30.8 Å². The molecule has 0 bridgehead atoms. The van der Waals surface area contributed by atoms with Crippen molar-refractivity contribution < 1.29 is 12.8 Å². The molecule has 0 saturated heterocycles. The van der Waals surface area contributed by atoms with Crippen molar-refractivity contribution in [2.24, 2.45) is 7.05 Å². The van der Waals surface area contributed by atoms with Crippen LogP contribution in [0.3, 0.4) is 0 Å². The summed E-state index contributed by atoms with van der Waals surface area (Å²) in [5, 5.41) is 0. The number of rotatable bonds is 2. The SMILES string of the molecule is [2H]C([2H])([2H])c1cc(C)cc(C([2H])([2H])[2H])c1-c1ccc[n+](C)c1-c1ccncc1C. The molecular weight excluding hydrogens is 280 g/mol. The zero-order valence-electron chi connectivity index (χ0n) is 19.5. The van der Waals surface area contributed by atoms with Gasteiger partial charge in [0.15, 0.2) is 6.20 Å². The maximum Gasteiger partial charge on any atom is 0.220 e. The minimum Gasteiger partial charge on any atom is -0.264 e. The van der Waals surface area contributed by atoms with Crippen molar-refractivity contribution in [3.8, 4) is 22.4 Å². The number of benzene rings is 1. The summed E-state index contributed by atoms with van der Waals surface area (Å²) in [6.45, 7) is -1.28. The Morgan fingerprint density at radius 3 is 2.39 bits per heavy atom. The quantitative estimate of drug-likeness (QED) is 0.638. The van der Waals surface area contributed by atoms with Crippen LogP contribution in [0.2, 0.25) is 0 Å². The molecule has 0 aliphatic carbocycles. The standard InChI is InChI=1S/C21H23N2/c1-14-11-15(2)20(16(3)12-14)19-7-6-10-23(5)21(19)18-8-9-22-13-17(18)4/h6-13H,1-5H3/q+1/i2D3,3D3. The van der Waals surface area contributed by atoms with Crippen molar-refractivity contribution in [1.82, 2.24) is 4.98 Å². The van der Waals surface area contributed by atoms with Crippen LogP contribution < -0.4 is 4.57 Å². The molecule has 0 spiro atoms. The lowest BCUT2D eigenvalue weighted by Crippen LogP contribution is -2.31. The van der Waals surface area contributed by atoms with Gasteiger partial charge in [-0.1, -0.05) is 17.7 Å². The molecule has 3 rings (SSSR count). The Labute approximate surface area is 146 Å². The predicted molar refractivity (Wildman–Crippen MR) is 95.2 cm³/mol. The number of aryl methyl sites for hydroxylation is 5. The van der Waals surface area contributed by atoms with Crippen LogP contribution in [-0.4, -0.2) is 4.98 Å². The van der Waals surface area contributed by atoms with Crippen molar-refractivity contribution in [1.29, 1.82) is 0 Å². The summed E-state index contributed by atoms with van der Waals surface area (Å²) in [5.74, 6) is 0. The third-order valence-corrected chi connectivity index (χ3v) is 4.01. The molecule has 0 fully saturated rings. The Morgan fingerprint density at radius 1 is 1.00 bits per heavy atom. The molecule has 0 aliphatic rings. The second-order valence-corrected chi connectivity index (χ2v) is 5.81. The lowest BCUT2D eigenvalue weighted by molar-refractivity contribution is -0.660. The van der Waals surface area contributed by atoms with Crippen LogP contribution in [0, 0.1) is 27.6 Å². The molecule has 2 heterocycles. The molecule has 0 saturated carbocycles. The van der Waals surface area contributed by atoms with Crippen LogP contribution >= 0.6 is 0 Å². The van der Waals surface area contributed by atoms with Gasteiger partial charge in [-0.05, 0) is 61.9 Å². The smallest absolute Gasteiger partial charge is 0.220 e. The molecular formula is C21H23N2+. The molecule has 1 aromatic carbocycles. The molecule has 116 valence electrons. The summed E-state index contributed by atoms with van der Waals surface area (Å²) < 4.78 is 50.3. The molecule has 2 nitrogen and oxygen atoms in total. The van der Waals surface area contributed by atoms with E-state index in [-0.39, 0.29) is 16.7 Å². The highest BCUT2D eigenvalue weighted by Gasteiger charge is 2.21. The number of aromatic nitrogens is 2. The van der Waals surface area contributed by atoms with Gasteiger partial charge >= 0.3 is 0 Å². The Morgan fingerprint density at radius 2 is 1.74 bits per heavy atom. The molecule has 2 aromatic heterocycles. The summed E-state index contributed by atoms with van der Waals surface area (Å²) in [4.78, 5) is 4.14. The van der Waals surface area contributed by atoms with Gasteiger partial charge in [0.05, 0.1) is 11.1 Å². The zero-order valence-corrected chi connectivity index (χ0v) is 13.5. The summed E-state index contributed by atoms with van der Waals surface area (Å²) in [6.07, 6.45) is 5.26. The van der Waals surface area contributed by atoms with Crippen LogP contribution in [0.5, 0.6) is 0 Å². The van der Waals surface area contributed by atoms with Gasteiger partial charge in [-0.25, -0.2) is 4.57 Å². The molecule has 0 radical (unpaired) electrons. The topological polar surface area (TPSA) is 16.8 Å². The third-order valence-electron chi connectivity index (χ3n) is 4.01. The predicted octanol–water partition coefficient (Wildman–Crippen LogP) is 4.47. The molecule has 0 N–H and O–H groups in total. The number of hydrogen-bond donors (Lipinski definition) is 0. The van der Waals surface area contributed by atoms with Gasteiger partial charge in [-0.2, -0.15) is 0 Å². The Kier molecular flexibility index (Phi) is 2.49. The maximum atomic E-state index is 8.06. The summed E-state index contributed by atoms with van der Waals surface area (Å²) >= 11 is 0. The average molecular weight is 309 g/mol. The van der Waals surface area contributed by atoms with Crippen molar-refractivity contribution in [3.63, 3.8) is 0 Å². The lowest BCUT2D eigenvalue weighted by Gasteiger charge is -2.14. The molecule has 0 aliphatic heterocycles. The first-order valence-electron chi connectivity index (χ1n) is 10.5. The Hall–Kier alpha value is -2.48. The van der Waals surface area contributed by atoms with Crippen LogP contribution in [0.15, 0.2) is 48.9 Å². The Bertz CT molecular complexity index is 1030. The van der Waals surface area contributed by atoms with Gasteiger partial charge in [0.2, 0.25) is 5.69 Å². The van der Waals surface area contributed by atoms with Crippen LogP contribution in [0.25, 0.3) is 22.4 Å². The highest BCUT2D eigenvalue weighted by molar-refractivity contribution is 5.83. The van der Waals surface area contributed by atoms with E-state index in [1.54, 1.807) is 43.6 Å². The molecule has 0 amide bonds. The van der Waals surface area contributed by atoms with Crippen molar-refractivity contribution in [3.05, 3.63) is 71.2 Å². The number of pyridine rings is 2. The van der Waals surface area contributed by atoms with Gasteiger partial charge in [0.25, 0.3) is 0 Å². The van der Waals surface area contributed by atoms with E-state index in [4.69, 9.17) is 8.22 Å². The van der Waals surface area contributed by atoms with E-state index in [1.165, 1.54) is 0 Å². The highest BCUT2D eigenvalue weighted by Crippen LogP contribution is 2.35. The maximum absolute atomic E-state index is 8.06. The number of hydrogen-bond acceptors (Lipinski definition) is 1. The highest BCUT2D eigenvalue weighted by atomic mass is 14.9. The van der Waals surface area contributed by atoms with E-state index in [2.05, 4.69) is 4.98 Å². The number of nitrogens with zero attached hydrogens (tertiary/aromatic N) is 2. The van der Waals surface area contributed by atoms with E-state index in [0.717, 1.165) is 16.8 Å². The lowest BCUT2D eigenvalue weighted by atomic mass is 9.90. The van der Waals surface area contributed by atoms with Crippen LogP contribution in [-0.2, 0) is 7.05 Å². The third kappa shape index (κ3) is 2.77. The second kappa shape index (κ2) is 5.96. The first-order valence-corrected chi connectivity index (χ1v) is 7.47. The van der Waals surface area contributed by atoms with E-state index >= 15 is 0 Å². The van der Waals surface area contributed by atoms with E-state index < -0.39 is 13.7 Å². The van der Waals surface area contributed by atoms with Gasteiger partial charge in [-0.3, -0.25) is 4.98 Å². The second-order valence-electron chi connectivity index (χ2n) is 5.81. The van der Waals surface area contributed by atoms with Crippen molar-refractivity contribution in [2.45, 2.75) is 27.6 Å². The monoisotopic (exact) mass is 309 g/mol. The molecule has 0 atom stereocenters. The first-order chi connectivity index (χ1) is 13.4. The van der Waals surface area contributed by atoms with E-state index in [0.29, 0.717) is 11.1 Å². The summed E-state index contributed by atoms with van der Waals surface area (Å²) in [7, 11) is 1.86. The zero-order chi connectivity index (χ0) is 21.6. The van der Waals surface area contributed by atoms with Gasteiger partial charge in [-0.15, -0.1) is 0 Å². The summed E-state index contributed by atoms with van der Waals surface area (Å²) in [5.41, 5.74) is 4.03. The van der Waals surface area contributed by atoms with Gasteiger partial charge in [0, 0.05) is 26.7 Å². The molecule has 3 aromatic rings. The normalized spacial score (nSPS) is 15.8. The van der Waals surface area contributed by atoms with Crippen molar-refractivity contribution in [2.75, 3.05) is 0 Å². The van der Waals surface area contributed by atoms with Gasteiger partial charge < -0.3 is 0 Å². The first kappa shape index (κ1) is 9.61. The Balaban J connectivity index is 2.51. The fourth-order valence-corrected chi connectivity index (χ4v) is 2.96.